The van der Waals surface area contributed by atoms with E-state index in [-0.39, 0.29) is 5.41 Å². The molecule has 2 rings (SSSR count). The van der Waals surface area contributed by atoms with E-state index in [4.69, 9.17) is 0 Å². The van der Waals surface area contributed by atoms with Crippen LogP contribution >= 0.6 is 0 Å². The first-order valence-corrected chi connectivity index (χ1v) is 4.65. The number of allylic oxidation sites excluding steroid dienone is 2. The summed E-state index contributed by atoms with van der Waals surface area (Å²) in [4.78, 5) is 3.37. The van der Waals surface area contributed by atoms with Crippen LogP contribution in [0.15, 0.2) is 18.2 Å². The van der Waals surface area contributed by atoms with E-state index in [2.05, 4.69) is 56.1 Å². The van der Waals surface area contributed by atoms with Crippen molar-refractivity contribution in [3.63, 3.8) is 0 Å². The summed E-state index contributed by atoms with van der Waals surface area (Å²) in [6.45, 7) is 6.51. The number of aromatic amines is 1. The normalized spacial score (nSPS) is 18.4. The lowest BCUT2D eigenvalue weighted by Gasteiger charge is -2.12. The van der Waals surface area contributed by atoms with E-state index >= 15 is 0 Å². The fraction of sp³-hybridized carbons (Fsp3) is 0.333. The highest BCUT2D eigenvalue weighted by Gasteiger charge is 2.10. The van der Waals surface area contributed by atoms with Crippen molar-refractivity contribution in [2.45, 2.75) is 20.8 Å². The molecule has 1 aromatic rings. The molecule has 0 saturated heterocycles. The first-order valence-electron chi connectivity index (χ1n) is 4.65. The Balaban J connectivity index is 2.76. The Morgan fingerprint density at radius 2 is 2.08 bits per heavy atom. The third kappa shape index (κ3) is 1.59. The molecule has 0 aliphatic heterocycles. The quantitative estimate of drug-likeness (QED) is 0.611. The highest BCUT2D eigenvalue weighted by molar-refractivity contribution is 5.47. The second-order valence-corrected chi connectivity index (χ2v) is 4.31. The zero-order valence-electron chi connectivity index (χ0n) is 8.39. The predicted octanol–water partition coefficient (Wildman–Crippen LogP) is 1.48. The molecule has 0 bridgehead atoms. The fourth-order valence-electron chi connectivity index (χ4n) is 1.71. The molecule has 0 saturated carbocycles. The molecule has 1 aliphatic carbocycles. The predicted molar refractivity (Wildman–Crippen MR) is 56.6 cm³/mol. The molecule has 1 N–H and O–H groups in total. The molecule has 0 amide bonds. The Bertz CT molecular complexity index is 458. The summed E-state index contributed by atoms with van der Waals surface area (Å²) < 4.78 is 0. The maximum atomic E-state index is 3.37. The van der Waals surface area contributed by atoms with E-state index in [0.29, 0.717) is 0 Å². The second-order valence-electron chi connectivity index (χ2n) is 4.31. The van der Waals surface area contributed by atoms with Crippen LogP contribution in [0.5, 0.6) is 0 Å². The Labute approximate surface area is 78.5 Å². The summed E-state index contributed by atoms with van der Waals surface area (Å²) in [5, 5.41) is 2.53. The summed E-state index contributed by atoms with van der Waals surface area (Å²) in [6, 6.07) is 2.18. The van der Waals surface area contributed by atoms with Crippen molar-refractivity contribution in [1.82, 2.24) is 4.98 Å². The van der Waals surface area contributed by atoms with Gasteiger partial charge in [-0.15, -0.1) is 0 Å². The van der Waals surface area contributed by atoms with Gasteiger partial charge in [0.25, 0.3) is 0 Å². The summed E-state index contributed by atoms with van der Waals surface area (Å²) in [5.74, 6) is 0. The summed E-state index contributed by atoms with van der Waals surface area (Å²) in [7, 11) is 0. The third-order valence-corrected chi connectivity index (χ3v) is 2.33. The number of aryl methyl sites for hydroxylation is 1. The number of fused-ring (bicyclic) bond motifs is 1. The van der Waals surface area contributed by atoms with Crippen LogP contribution in [0.3, 0.4) is 0 Å². The number of aromatic nitrogens is 1. The van der Waals surface area contributed by atoms with Gasteiger partial charge in [0.05, 0.1) is 0 Å². The first kappa shape index (κ1) is 8.36. The summed E-state index contributed by atoms with van der Waals surface area (Å²) in [6.07, 6.45) is 8.78. The van der Waals surface area contributed by atoms with Crippen LogP contribution in [-0.2, 0) is 0 Å². The molecule has 0 fully saturated rings. The van der Waals surface area contributed by atoms with Gasteiger partial charge in [-0.05, 0) is 18.2 Å². The highest BCUT2D eigenvalue weighted by Crippen LogP contribution is 2.19. The van der Waals surface area contributed by atoms with E-state index in [1.165, 1.54) is 16.3 Å². The Morgan fingerprint density at radius 1 is 1.31 bits per heavy atom. The molecule has 1 nitrogen and oxygen atoms in total. The van der Waals surface area contributed by atoms with Gasteiger partial charge in [0, 0.05) is 16.5 Å². The molecule has 0 atom stereocenters. The Kier molecular flexibility index (Phi) is 1.69. The average molecular weight is 173 g/mol. The van der Waals surface area contributed by atoms with Gasteiger partial charge in [0.1, 0.15) is 0 Å². The van der Waals surface area contributed by atoms with Crippen LogP contribution in [0.4, 0.5) is 0 Å². The number of H-pyrrole nitrogens is 1. The topological polar surface area (TPSA) is 15.8 Å². The maximum Gasteiger partial charge on any atom is 0.0424 e. The summed E-state index contributed by atoms with van der Waals surface area (Å²) in [5.41, 5.74) is 1.38. The van der Waals surface area contributed by atoms with Crippen LogP contribution in [-0.4, -0.2) is 4.98 Å². The van der Waals surface area contributed by atoms with Crippen molar-refractivity contribution < 1.29 is 0 Å². The molecular formula is C12H15N. The Morgan fingerprint density at radius 3 is 2.85 bits per heavy atom. The number of hydrogen-bond acceptors (Lipinski definition) is 0. The number of hydrogen-bond donors (Lipinski definition) is 1. The van der Waals surface area contributed by atoms with Gasteiger partial charge in [-0.1, -0.05) is 38.2 Å². The van der Waals surface area contributed by atoms with Crippen molar-refractivity contribution in [3.05, 3.63) is 34.5 Å². The molecule has 0 radical (unpaired) electrons. The molecule has 0 aromatic carbocycles. The van der Waals surface area contributed by atoms with E-state index in [1.807, 2.05) is 0 Å². The van der Waals surface area contributed by atoms with Gasteiger partial charge in [0.2, 0.25) is 0 Å². The van der Waals surface area contributed by atoms with Crippen molar-refractivity contribution >= 4 is 12.2 Å². The highest BCUT2D eigenvalue weighted by atomic mass is 14.7. The van der Waals surface area contributed by atoms with Crippen LogP contribution in [0.25, 0.3) is 12.2 Å². The largest absolute Gasteiger partial charge is 0.359 e. The van der Waals surface area contributed by atoms with Gasteiger partial charge < -0.3 is 4.98 Å². The minimum absolute atomic E-state index is 0.152. The average Bonchev–Trinajstić information content (AvgIpc) is 2.23. The van der Waals surface area contributed by atoms with Crippen LogP contribution < -0.4 is 10.6 Å². The smallest absolute Gasteiger partial charge is 0.0424 e. The second kappa shape index (κ2) is 2.63. The number of nitrogens with one attached hydrogen (secondary N) is 1. The summed E-state index contributed by atoms with van der Waals surface area (Å²) >= 11 is 0. The van der Waals surface area contributed by atoms with Crippen molar-refractivity contribution in [2.24, 2.45) is 5.41 Å². The van der Waals surface area contributed by atoms with Crippen LogP contribution in [0.2, 0.25) is 0 Å². The van der Waals surface area contributed by atoms with Crippen LogP contribution in [0.1, 0.15) is 19.5 Å². The van der Waals surface area contributed by atoms with E-state index in [1.54, 1.807) is 0 Å². The molecule has 0 unspecified atom stereocenters. The van der Waals surface area contributed by atoms with E-state index in [9.17, 15) is 0 Å². The first-order chi connectivity index (χ1) is 6.07. The van der Waals surface area contributed by atoms with Gasteiger partial charge in [-0.3, -0.25) is 0 Å². The maximum absolute atomic E-state index is 3.37. The van der Waals surface area contributed by atoms with Gasteiger partial charge in [-0.25, -0.2) is 0 Å². The number of rotatable bonds is 0. The van der Waals surface area contributed by atoms with Crippen molar-refractivity contribution in [1.29, 1.82) is 0 Å². The van der Waals surface area contributed by atoms with E-state index < -0.39 is 0 Å². The molecule has 1 heteroatoms. The lowest BCUT2D eigenvalue weighted by Crippen LogP contribution is -2.23. The molecular weight excluding hydrogens is 158 g/mol. The van der Waals surface area contributed by atoms with Crippen molar-refractivity contribution in [3.8, 4) is 0 Å². The molecule has 13 heavy (non-hydrogen) atoms. The molecule has 1 aliphatic rings. The lowest BCUT2D eigenvalue weighted by atomic mass is 9.93. The van der Waals surface area contributed by atoms with Gasteiger partial charge in [-0.2, -0.15) is 0 Å². The monoisotopic (exact) mass is 173 g/mol. The SMILES string of the molecule is Cc1cc2c([nH]1)=CC(C)(C)C=CC=2. The minimum Gasteiger partial charge on any atom is -0.359 e. The molecule has 1 aromatic heterocycles. The zero-order valence-corrected chi connectivity index (χ0v) is 8.39. The molecule has 68 valence electrons. The fourth-order valence-corrected chi connectivity index (χ4v) is 1.71. The van der Waals surface area contributed by atoms with Gasteiger partial charge >= 0.3 is 0 Å². The molecule has 1 heterocycles. The Hall–Kier alpha value is -1.24. The lowest BCUT2D eigenvalue weighted by molar-refractivity contribution is 0.669. The van der Waals surface area contributed by atoms with Gasteiger partial charge in [0.15, 0.2) is 0 Å². The third-order valence-electron chi connectivity index (χ3n) is 2.33. The zero-order chi connectivity index (χ0) is 9.47. The van der Waals surface area contributed by atoms with E-state index in [0.717, 1.165) is 0 Å². The molecule has 0 spiro atoms. The van der Waals surface area contributed by atoms with Crippen LogP contribution in [0, 0.1) is 12.3 Å². The standard InChI is InChI=1S/C12H15N/c1-9-7-10-5-4-6-12(2,3)8-11(10)13-9/h4-8,13H,1-3H3. The minimum atomic E-state index is 0.152. The van der Waals surface area contributed by atoms with Crippen molar-refractivity contribution in [2.75, 3.05) is 0 Å².